The van der Waals surface area contributed by atoms with E-state index in [9.17, 15) is 22.7 Å². The number of hydrogen-bond donors (Lipinski definition) is 2. The fourth-order valence-corrected chi connectivity index (χ4v) is 6.30. The monoisotopic (exact) mass is 526 g/mol. The van der Waals surface area contributed by atoms with Crippen LogP contribution in [0.5, 0.6) is 0 Å². The predicted octanol–water partition coefficient (Wildman–Crippen LogP) is 7.81. The highest BCUT2D eigenvalue weighted by molar-refractivity contribution is 5.74. The van der Waals surface area contributed by atoms with Gasteiger partial charge in [-0.25, -0.2) is 4.39 Å². The molecule has 2 unspecified atom stereocenters. The van der Waals surface area contributed by atoms with Gasteiger partial charge in [0.1, 0.15) is 5.82 Å². The van der Waals surface area contributed by atoms with E-state index >= 15 is 0 Å². The Hall–Kier alpha value is -2.77. The number of aliphatic hydroxyl groups excluding tert-OH is 1. The minimum atomic E-state index is -4.42. The number of nitrogens with zero attached hydrogens (tertiary/aromatic N) is 1. The lowest BCUT2D eigenvalue weighted by molar-refractivity contribution is -0.137. The summed E-state index contributed by atoms with van der Waals surface area (Å²) < 4.78 is 53.3. The molecule has 2 aliphatic rings. The van der Waals surface area contributed by atoms with Gasteiger partial charge in [-0.15, -0.1) is 0 Å². The van der Waals surface area contributed by atoms with Crippen LogP contribution in [-0.4, -0.2) is 10.1 Å². The van der Waals surface area contributed by atoms with Crippen molar-refractivity contribution in [3.8, 4) is 11.1 Å². The van der Waals surface area contributed by atoms with E-state index in [1.165, 1.54) is 24.3 Å². The van der Waals surface area contributed by atoms with Crippen molar-refractivity contribution in [3.63, 3.8) is 0 Å². The molecule has 5 rings (SSSR count). The largest absolute Gasteiger partial charge is 0.416 e. The smallest absolute Gasteiger partial charge is 0.388 e. The first-order valence-electron chi connectivity index (χ1n) is 13.4. The number of pyridine rings is 1. The van der Waals surface area contributed by atoms with Crippen LogP contribution in [-0.2, 0) is 19.0 Å². The SMILES string of the molecule is CC1(C)Cc2nc(C3CCCC3)c(CC(N)c3ccc(C(F)(F)F)cc3)c(-c3ccc(F)cc3)c2C(O)C1. The van der Waals surface area contributed by atoms with Gasteiger partial charge in [0.2, 0.25) is 0 Å². The third-order valence-corrected chi connectivity index (χ3v) is 8.14. The maximum absolute atomic E-state index is 13.9. The van der Waals surface area contributed by atoms with E-state index in [2.05, 4.69) is 13.8 Å². The van der Waals surface area contributed by atoms with E-state index in [4.69, 9.17) is 10.7 Å². The third-order valence-electron chi connectivity index (χ3n) is 8.14. The standard InChI is InChI=1S/C31H34F4N2O/c1-30(2)16-25-28(26(38)17-30)27(19-9-13-22(32)14-10-19)23(29(37-25)20-5-3-4-6-20)15-24(36)18-7-11-21(12-8-18)31(33,34)35/h7-14,20,24,26,38H,3-6,15-17,36H2,1-2H3. The first kappa shape index (κ1) is 26.8. The van der Waals surface area contributed by atoms with Crippen LogP contribution in [0.25, 0.3) is 11.1 Å². The maximum atomic E-state index is 13.9. The van der Waals surface area contributed by atoms with E-state index in [0.717, 1.165) is 77.9 Å². The molecule has 2 aromatic carbocycles. The second kappa shape index (κ2) is 10.1. The number of halogens is 4. The van der Waals surface area contributed by atoms with Crippen molar-refractivity contribution in [2.75, 3.05) is 0 Å². The van der Waals surface area contributed by atoms with Crippen LogP contribution in [0.4, 0.5) is 17.6 Å². The zero-order chi connectivity index (χ0) is 27.2. The summed E-state index contributed by atoms with van der Waals surface area (Å²) in [4.78, 5) is 5.20. The molecule has 0 saturated heterocycles. The molecule has 38 heavy (non-hydrogen) atoms. The summed E-state index contributed by atoms with van der Waals surface area (Å²) in [5.41, 5.74) is 11.6. The predicted molar refractivity (Wildman–Crippen MR) is 140 cm³/mol. The van der Waals surface area contributed by atoms with E-state index in [-0.39, 0.29) is 17.2 Å². The molecule has 0 bridgehead atoms. The molecule has 0 amide bonds. The molecule has 0 radical (unpaired) electrons. The molecule has 0 spiro atoms. The molecule has 1 saturated carbocycles. The Bertz CT molecular complexity index is 1290. The molecule has 0 aliphatic heterocycles. The average molecular weight is 527 g/mol. The topological polar surface area (TPSA) is 59.1 Å². The summed E-state index contributed by atoms with van der Waals surface area (Å²) in [6.45, 7) is 4.25. The summed E-state index contributed by atoms with van der Waals surface area (Å²) in [6, 6.07) is 10.7. The van der Waals surface area contributed by atoms with Gasteiger partial charge in [0, 0.05) is 28.9 Å². The minimum Gasteiger partial charge on any atom is -0.388 e. The number of fused-ring (bicyclic) bond motifs is 1. The molecule has 7 heteroatoms. The minimum absolute atomic E-state index is 0.120. The van der Waals surface area contributed by atoms with Crippen LogP contribution < -0.4 is 5.73 Å². The van der Waals surface area contributed by atoms with Crippen molar-refractivity contribution in [2.24, 2.45) is 11.1 Å². The Kier molecular flexibility index (Phi) is 7.12. The molecule has 2 aliphatic carbocycles. The quantitative estimate of drug-likeness (QED) is 0.333. The Balaban J connectivity index is 1.67. The highest BCUT2D eigenvalue weighted by Gasteiger charge is 2.37. The molecular weight excluding hydrogens is 492 g/mol. The van der Waals surface area contributed by atoms with Gasteiger partial charge in [-0.2, -0.15) is 13.2 Å². The van der Waals surface area contributed by atoms with Gasteiger partial charge >= 0.3 is 6.18 Å². The zero-order valence-corrected chi connectivity index (χ0v) is 21.8. The van der Waals surface area contributed by atoms with Crippen molar-refractivity contribution in [3.05, 3.63) is 88.0 Å². The molecule has 3 N–H and O–H groups in total. The summed E-state index contributed by atoms with van der Waals surface area (Å²) in [7, 11) is 0. The molecule has 1 aromatic heterocycles. The number of aliphatic hydroxyl groups is 1. The average Bonchev–Trinajstić information content (AvgIpc) is 3.38. The molecule has 1 heterocycles. The second-order valence-corrected chi connectivity index (χ2v) is 11.7. The fourth-order valence-electron chi connectivity index (χ4n) is 6.30. The second-order valence-electron chi connectivity index (χ2n) is 11.7. The molecule has 202 valence electrons. The van der Waals surface area contributed by atoms with Gasteiger partial charge < -0.3 is 10.8 Å². The van der Waals surface area contributed by atoms with E-state index in [1.54, 1.807) is 12.1 Å². The highest BCUT2D eigenvalue weighted by Crippen LogP contribution is 2.48. The summed E-state index contributed by atoms with van der Waals surface area (Å²) >= 11 is 0. The summed E-state index contributed by atoms with van der Waals surface area (Å²) in [6.07, 6.45) is 0.704. The highest BCUT2D eigenvalue weighted by atomic mass is 19.4. The van der Waals surface area contributed by atoms with Crippen LogP contribution in [0.2, 0.25) is 0 Å². The van der Waals surface area contributed by atoms with E-state index < -0.39 is 23.9 Å². The number of nitrogens with two attached hydrogens (primary N) is 1. The zero-order valence-electron chi connectivity index (χ0n) is 21.8. The van der Waals surface area contributed by atoms with E-state index in [1.807, 2.05) is 0 Å². The van der Waals surface area contributed by atoms with Gasteiger partial charge in [0.25, 0.3) is 0 Å². The number of benzene rings is 2. The Morgan fingerprint density at radius 1 is 1.03 bits per heavy atom. The van der Waals surface area contributed by atoms with Crippen LogP contribution in [0.15, 0.2) is 48.5 Å². The van der Waals surface area contributed by atoms with Crippen molar-refractivity contribution in [1.82, 2.24) is 4.98 Å². The lowest BCUT2D eigenvalue weighted by atomic mass is 9.71. The molecule has 3 nitrogen and oxygen atoms in total. The lowest BCUT2D eigenvalue weighted by Gasteiger charge is -2.37. The Labute approximate surface area is 221 Å². The van der Waals surface area contributed by atoms with Crippen molar-refractivity contribution in [2.45, 2.75) is 83.0 Å². The lowest BCUT2D eigenvalue weighted by Crippen LogP contribution is -2.29. The van der Waals surface area contributed by atoms with Crippen molar-refractivity contribution < 1.29 is 22.7 Å². The molecule has 1 fully saturated rings. The van der Waals surface area contributed by atoms with Crippen molar-refractivity contribution >= 4 is 0 Å². The van der Waals surface area contributed by atoms with Crippen LogP contribution in [0.1, 0.15) is 97.7 Å². The first-order chi connectivity index (χ1) is 17.9. The van der Waals surface area contributed by atoms with Gasteiger partial charge in [0.05, 0.1) is 11.7 Å². The number of aromatic nitrogens is 1. The third kappa shape index (κ3) is 5.36. The normalized spacial score (nSPS) is 20.4. The molecular formula is C31H34F4N2O. The fraction of sp³-hybridized carbons (Fsp3) is 0.452. The Morgan fingerprint density at radius 2 is 1.66 bits per heavy atom. The molecule has 2 atom stereocenters. The van der Waals surface area contributed by atoms with Crippen LogP contribution in [0.3, 0.4) is 0 Å². The Morgan fingerprint density at radius 3 is 2.26 bits per heavy atom. The molecule has 3 aromatic rings. The van der Waals surface area contributed by atoms with E-state index in [0.29, 0.717) is 18.4 Å². The van der Waals surface area contributed by atoms with Gasteiger partial charge in [-0.3, -0.25) is 4.98 Å². The van der Waals surface area contributed by atoms with Gasteiger partial charge in [-0.1, -0.05) is 51.0 Å². The van der Waals surface area contributed by atoms with Crippen LogP contribution >= 0.6 is 0 Å². The summed E-state index contributed by atoms with van der Waals surface area (Å²) in [5, 5.41) is 11.4. The number of hydrogen-bond acceptors (Lipinski definition) is 3. The van der Waals surface area contributed by atoms with Crippen molar-refractivity contribution in [1.29, 1.82) is 0 Å². The number of rotatable bonds is 5. The van der Waals surface area contributed by atoms with Gasteiger partial charge in [0.15, 0.2) is 0 Å². The summed E-state index contributed by atoms with van der Waals surface area (Å²) in [5.74, 6) is -0.103. The number of alkyl halides is 3. The first-order valence-corrected chi connectivity index (χ1v) is 13.4. The van der Waals surface area contributed by atoms with Gasteiger partial charge in [-0.05, 0) is 84.0 Å². The van der Waals surface area contributed by atoms with Crippen LogP contribution in [0, 0.1) is 11.2 Å². The maximum Gasteiger partial charge on any atom is 0.416 e.